The minimum absolute atomic E-state index is 0.111. The Kier molecular flexibility index (Phi) is 2.28. The van der Waals surface area contributed by atoms with Crippen LogP contribution in [0.1, 0.15) is 15.9 Å². The van der Waals surface area contributed by atoms with Crippen LogP contribution in [0.4, 0.5) is 5.69 Å². The van der Waals surface area contributed by atoms with Crippen molar-refractivity contribution in [3.63, 3.8) is 0 Å². The van der Waals surface area contributed by atoms with Gasteiger partial charge in [-0.25, -0.2) is 4.79 Å². The SMILES string of the molecule is Cc1cc(S)cc(C(=O)O)c1N. The number of carbonyl (C=O) groups is 1. The lowest BCUT2D eigenvalue weighted by molar-refractivity contribution is 0.0697. The van der Waals surface area contributed by atoms with Gasteiger partial charge >= 0.3 is 5.97 Å². The molecule has 3 nitrogen and oxygen atoms in total. The molecule has 0 bridgehead atoms. The third kappa shape index (κ3) is 1.53. The van der Waals surface area contributed by atoms with Crippen molar-refractivity contribution in [1.82, 2.24) is 0 Å². The molecule has 64 valence electrons. The van der Waals surface area contributed by atoms with Gasteiger partial charge in [0.1, 0.15) is 0 Å². The van der Waals surface area contributed by atoms with Crippen LogP contribution in [0.5, 0.6) is 0 Å². The molecule has 0 unspecified atom stereocenters. The van der Waals surface area contributed by atoms with Crippen LogP contribution in [0, 0.1) is 6.92 Å². The summed E-state index contributed by atoms with van der Waals surface area (Å²) in [7, 11) is 0. The van der Waals surface area contributed by atoms with Gasteiger partial charge in [-0.1, -0.05) is 0 Å². The van der Waals surface area contributed by atoms with Gasteiger partial charge < -0.3 is 10.8 Å². The maximum Gasteiger partial charge on any atom is 0.337 e. The minimum Gasteiger partial charge on any atom is -0.478 e. The van der Waals surface area contributed by atoms with Crippen molar-refractivity contribution in [2.45, 2.75) is 11.8 Å². The molecule has 1 aromatic rings. The molecule has 0 aliphatic rings. The predicted molar refractivity (Wildman–Crippen MR) is 49.8 cm³/mol. The molecule has 1 rings (SSSR count). The second-order valence-corrected chi connectivity index (χ2v) is 3.05. The molecule has 0 amide bonds. The number of nitrogen functional groups attached to an aromatic ring is 1. The summed E-state index contributed by atoms with van der Waals surface area (Å²) in [5, 5.41) is 8.70. The van der Waals surface area contributed by atoms with Gasteiger partial charge in [-0.2, -0.15) is 0 Å². The van der Waals surface area contributed by atoms with E-state index in [1.54, 1.807) is 13.0 Å². The Bertz CT molecular complexity index is 336. The molecule has 0 aliphatic carbocycles. The molecule has 3 N–H and O–H groups in total. The standard InChI is InChI=1S/C8H9NO2S/c1-4-2-5(12)3-6(7(4)9)8(10)11/h2-3,12H,9H2,1H3,(H,10,11). The zero-order valence-corrected chi connectivity index (χ0v) is 7.43. The largest absolute Gasteiger partial charge is 0.478 e. The Balaban J connectivity index is 3.37. The van der Waals surface area contributed by atoms with Gasteiger partial charge in [0, 0.05) is 10.6 Å². The van der Waals surface area contributed by atoms with Crippen LogP contribution in [0.2, 0.25) is 0 Å². The van der Waals surface area contributed by atoms with E-state index in [1.807, 2.05) is 0 Å². The highest BCUT2D eigenvalue weighted by molar-refractivity contribution is 7.80. The highest BCUT2D eigenvalue weighted by Gasteiger charge is 2.09. The average molecular weight is 183 g/mol. The molecule has 0 saturated heterocycles. The summed E-state index contributed by atoms with van der Waals surface area (Å²) in [5.41, 5.74) is 6.69. The van der Waals surface area contributed by atoms with Crippen LogP contribution in [0.15, 0.2) is 17.0 Å². The number of hydrogen-bond donors (Lipinski definition) is 3. The topological polar surface area (TPSA) is 63.3 Å². The fraction of sp³-hybridized carbons (Fsp3) is 0.125. The van der Waals surface area contributed by atoms with Crippen LogP contribution in [-0.2, 0) is 0 Å². The number of anilines is 1. The van der Waals surface area contributed by atoms with E-state index in [0.29, 0.717) is 10.6 Å². The molecule has 0 atom stereocenters. The molecule has 1 aromatic carbocycles. The second kappa shape index (κ2) is 3.06. The first-order chi connectivity index (χ1) is 5.52. The Morgan fingerprint density at radius 3 is 2.67 bits per heavy atom. The van der Waals surface area contributed by atoms with Gasteiger partial charge in [0.2, 0.25) is 0 Å². The van der Waals surface area contributed by atoms with Gasteiger partial charge in [0.25, 0.3) is 0 Å². The molecule has 0 fully saturated rings. The fourth-order valence-electron chi connectivity index (χ4n) is 0.956. The number of thiol groups is 1. The normalized spacial score (nSPS) is 9.83. The van der Waals surface area contributed by atoms with Gasteiger partial charge in [-0.05, 0) is 24.6 Å². The number of benzene rings is 1. The van der Waals surface area contributed by atoms with Crippen LogP contribution in [0.25, 0.3) is 0 Å². The summed E-state index contributed by atoms with van der Waals surface area (Å²) in [6.07, 6.45) is 0. The third-order valence-electron chi connectivity index (χ3n) is 1.60. The quantitative estimate of drug-likeness (QED) is 0.457. The van der Waals surface area contributed by atoms with Gasteiger partial charge in [-0.15, -0.1) is 12.6 Å². The van der Waals surface area contributed by atoms with E-state index in [-0.39, 0.29) is 5.56 Å². The van der Waals surface area contributed by atoms with Gasteiger partial charge in [0.15, 0.2) is 0 Å². The lowest BCUT2D eigenvalue weighted by Gasteiger charge is -2.04. The fourth-order valence-corrected chi connectivity index (χ4v) is 1.28. The number of carboxylic acid groups (broad SMARTS) is 1. The molecule has 0 saturated carbocycles. The molecular formula is C8H9NO2S. The molecule has 12 heavy (non-hydrogen) atoms. The van der Waals surface area contributed by atoms with Crippen LogP contribution < -0.4 is 5.73 Å². The lowest BCUT2D eigenvalue weighted by Crippen LogP contribution is -2.04. The van der Waals surface area contributed by atoms with E-state index in [0.717, 1.165) is 5.56 Å². The van der Waals surface area contributed by atoms with Crippen LogP contribution in [0.3, 0.4) is 0 Å². The molecule has 4 heteroatoms. The van der Waals surface area contributed by atoms with Gasteiger partial charge in [0.05, 0.1) is 5.56 Å². The van der Waals surface area contributed by atoms with E-state index in [9.17, 15) is 4.79 Å². The van der Waals surface area contributed by atoms with E-state index in [1.165, 1.54) is 6.07 Å². The molecule has 0 spiro atoms. The number of aromatic carboxylic acids is 1. The number of rotatable bonds is 1. The van der Waals surface area contributed by atoms with Crippen molar-refractivity contribution in [3.05, 3.63) is 23.3 Å². The number of nitrogens with two attached hydrogens (primary N) is 1. The zero-order valence-electron chi connectivity index (χ0n) is 6.53. The Labute approximate surface area is 75.6 Å². The smallest absolute Gasteiger partial charge is 0.337 e. The second-order valence-electron chi connectivity index (χ2n) is 2.53. The average Bonchev–Trinajstić information content (AvgIpc) is 1.96. The zero-order chi connectivity index (χ0) is 9.30. The summed E-state index contributed by atoms with van der Waals surface area (Å²) < 4.78 is 0. The lowest BCUT2D eigenvalue weighted by atomic mass is 10.1. The number of aryl methyl sites for hydroxylation is 1. The van der Waals surface area contributed by atoms with Crippen molar-refractivity contribution in [2.75, 3.05) is 5.73 Å². The number of carboxylic acids is 1. The monoisotopic (exact) mass is 183 g/mol. The molecule has 0 heterocycles. The summed E-state index contributed by atoms with van der Waals surface area (Å²) in [6.45, 7) is 1.75. The van der Waals surface area contributed by atoms with Crippen molar-refractivity contribution in [1.29, 1.82) is 0 Å². The summed E-state index contributed by atoms with van der Waals surface area (Å²) in [6, 6.07) is 3.17. The third-order valence-corrected chi connectivity index (χ3v) is 1.86. The van der Waals surface area contributed by atoms with Crippen molar-refractivity contribution < 1.29 is 9.90 Å². The molecule has 0 radical (unpaired) electrons. The summed E-state index contributed by atoms with van der Waals surface area (Å²) >= 11 is 4.05. The summed E-state index contributed by atoms with van der Waals surface area (Å²) in [5.74, 6) is -1.02. The highest BCUT2D eigenvalue weighted by Crippen LogP contribution is 2.21. The van der Waals surface area contributed by atoms with Gasteiger partial charge in [-0.3, -0.25) is 0 Å². The Morgan fingerprint density at radius 2 is 2.17 bits per heavy atom. The van der Waals surface area contributed by atoms with E-state index >= 15 is 0 Å². The maximum absolute atomic E-state index is 10.6. The highest BCUT2D eigenvalue weighted by atomic mass is 32.1. The van der Waals surface area contributed by atoms with E-state index < -0.39 is 5.97 Å². The van der Waals surface area contributed by atoms with Crippen molar-refractivity contribution >= 4 is 24.3 Å². The minimum atomic E-state index is -1.02. The van der Waals surface area contributed by atoms with E-state index in [4.69, 9.17) is 10.8 Å². The van der Waals surface area contributed by atoms with Crippen LogP contribution in [-0.4, -0.2) is 11.1 Å². The van der Waals surface area contributed by atoms with Crippen molar-refractivity contribution in [3.8, 4) is 0 Å². The number of hydrogen-bond acceptors (Lipinski definition) is 3. The van der Waals surface area contributed by atoms with Crippen LogP contribution >= 0.6 is 12.6 Å². The predicted octanol–water partition coefficient (Wildman–Crippen LogP) is 1.56. The van der Waals surface area contributed by atoms with E-state index in [2.05, 4.69) is 12.6 Å². The van der Waals surface area contributed by atoms with Crippen molar-refractivity contribution in [2.24, 2.45) is 0 Å². The molecule has 0 aliphatic heterocycles. The molecule has 0 aromatic heterocycles. The molecular weight excluding hydrogens is 174 g/mol. The Morgan fingerprint density at radius 1 is 1.58 bits per heavy atom. The summed E-state index contributed by atoms with van der Waals surface area (Å²) in [4.78, 5) is 11.2. The Hall–Kier alpha value is -1.16. The first-order valence-electron chi connectivity index (χ1n) is 3.34. The first kappa shape index (κ1) is 8.93. The first-order valence-corrected chi connectivity index (χ1v) is 3.79. The maximum atomic E-state index is 10.6.